The summed E-state index contributed by atoms with van der Waals surface area (Å²) in [4.78, 5) is 23.9. The topological polar surface area (TPSA) is 132 Å². The molecular weight excluding hydrogens is 266 g/mol. The van der Waals surface area contributed by atoms with Crippen LogP contribution >= 0.6 is 0 Å². The van der Waals surface area contributed by atoms with Crippen LogP contribution in [0.4, 0.5) is 9.59 Å². The zero-order chi connectivity index (χ0) is 16.1. The van der Waals surface area contributed by atoms with E-state index in [-0.39, 0.29) is 5.96 Å². The van der Waals surface area contributed by atoms with Crippen LogP contribution in [0.5, 0.6) is 0 Å². The molecule has 0 unspecified atom stereocenters. The number of ether oxygens (including phenoxy) is 2. The summed E-state index contributed by atoms with van der Waals surface area (Å²) in [7, 11) is 0. The van der Waals surface area contributed by atoms with Gasteiger partial charge in [-0.3, -0.25) is 5.43 Å². The molecule has 0 fully saturated rings. The fraction of sp³-hybridized carbons (Fsp3) is 0.727. The predicted octanol–water partition coefficient (Wildman–Crippen LogP) is 0.852. The largest absolute Gasteiger partial charge is 0.442 e. The lowest BCUT2D eigenvalue weighted by molar-refractivity contribution is -0.00444. The summed E-state index contributed by atoms with van der Waals surface area (Å²) in [6.45, 7) is 9.91. The molecule has 9 heteroatoms. The van der Waals surface area contributed by atoms with E-state index in [9.17, 15) is 9.59 Å². The number of nitrogens with zero attached hydrogens (tertiary/aromatic N) is 2. The lowest BCUT2D eigenvalue weighted by atomic mass is 10.2. The van der Waals surface area contributed by atoms with E-state index in [1.807, 2.05) is 0 Å². The Kier molecular flexibility index (Phi) is 5.62. The maximum absolute atomic E-state index is 11.9. The fourth-order valence-electron chi connectivity index (χ4n) is 0.924. The fourth-order valence-corrected chi connectivity index (χ4v) is 0.924. The van der Waals surface area contributed by atoms with E-state index in [4.69, 9.17) is 21.1 Å². The number of rotatable bonds is 0. The molecule has 0 aromatic heterocycles. The standard InChI is InChI=1S/C11H23N5O4/c1-10(2,3)19-8(17)16(15-7(12)14-13)9(18)20-11(4,5)6/h13H2,1-6H3,(H3,12,14,15). The first-order valence-electron chi connectivity index (χ1n) is 5.92. The Bertz CT molecular complexity index is 367. The molecule has 0 aliphatic rings. The van der Waals surface area contributed by atoms with Gasteiger partial charge in [0.05, 0.1) is 0 Å². The van der Waals surface area contributed by atoms with Gasteiger partial charge in [-0.05, 0) is 41.5 Å². The molecule has 9 nitrogen and oxygen atoms in total. The molecular formula is C11H23N5O4. The average molecular weight is 289 g/mol. The molecule has 0 spiro atoms. The van der Waals surface area contributed by atoms with Crippen LogP contribution in [0.15, 0.2) is 5.10 Å². The molecule has 0 atom stereocenters. The summed E-state index contributed by atoms with van der Waals surface area (Å²) in [6, 6.07) is 0. The second kappa shape index (κ2) is 6.31. The van der Waals surface area contributed by atoms with Crippen LogP contribution in [0.1, 0.15) is 41.5 Å². The van der Waals surface area contributed by atoms with Gasteiger partial charge in [-0.15, -0.1) is 10.1 Å². The summed E-state index contributed by atoms with van der Waals surface area (Å²) >= 11 is 0. The second-order valence-corrected chi connectivity index (χ2v) is 5.92. The predicted molar refractivity (Wildman–Crippen MR) is 73.3 cm³/mol. The smallest absolute Gasteiger partial charge is 0.439 e. The maximum atomic E-state index is 11.9. The molecule has 0 aromatic carbocycles. The molecule has 0 aliphatic heterocycles. The van der Waals surface area contributed by atoms with E-state index < -0.39 is 23.4 Å². The Morgan fingerprint density at radius 2 is 1.35 bits per heavy atom. The van der Waals surface area contributed by atoms with Gasteiger partial charge in [-0.25, -0.2) is 9.59 Å². The summed E-state index contributed by atoms with van der Waals surface area (Å²) in [5, 5.41) is 3.57. The van der Waals surface area contributed by atoms with Crippen molar-refractivity contribution < 1.29 is 19.1 Å². The Hall–Kier alpha value is -2.19. The van der Waals surface area contributed by atoms with Crippen molar-refractivity contribution in [3.05, 3.63) is 0 Å². The Morgan fingerprint density at radius 1 is 1.00 bits per heavy atom. The highest BCUT2D eigenvalue weighted by atomic mass is 16.6. The molecule has 0 aromatic rings. The van der Waals surface area contributed by atoms with Crippen molar-refractivity contribution in [1.82, 2.24) is 10.4 Å². The summed E-state index contributed by atoms with van der Waals surface area (Å²) < 4.78 is 10.1. The molecule has 20 heavy (non-hydrogen) atoms. The number of hydrazine groups is 1. The number of imide groups is 1. The first-order valence-corrected chi connectivity index (χ1v) is 5.92. The molecule has 5 N–H and O–H groups in total. The molecule has 0 saturated carbocycles. The number of nitrogens with two attached hydrogens (primary N) is 2. The van der Waals surface area contributed by atoms with E-state index in [2.05, 4.69) is 10.5 Å². The van der Waals surface area contributed by atoms with Gasteiger partial charge in [-0.2, -0.15) is 0 Å². The molecule has 2 amide bonds. The number of hydrogen-bond donors (Lipinski definition) is 3. The van der Waals surface area contributed by atoms with Gasteiger partial charge in [0.25, 0.3) is 0 Å². The van der Waals surface area contributed by atoms with E-state index in [0.717, 1.165) is 0 Å². The lowest BCUT2D eigenvalue weighted by Crippen LogP contribution is -2.55. The normalized spacial score (nSPS) is 12.6. The maximum Gasteiger partial charge on any atom is 0.439 e. The van der Waals surface area contributed by atoms with E-state index in [1.54, 1.807) is 41.5 Å². The summed E-state index contributed by atoms with van der Waals surface area (Å²) in [6.07, 6.45) is -1.98. The van der Waals surface area contributed by atoms with Crippen molar-refractivity contribution in [2.45, 2.75) is 52.7 Å². The van der Waals surface area contributed by atoms with Crippen LogP contribution < -0.4 is 17.0 Å². The number of hydrogen-bond acceptors (Lipinski definition) is 6. The van der Waals surface area contributed by atoms with Gasteiger partial charge in [0.15, 0.2) is 0 Å². The van der Waals surface area contributed by atoms with Crippen molar-refractivity contribution >= 4 is 18.1 Å². The molecule has 116 valence electrons. The highest BCUT2D eigenvalue weighted by Crippen LogP contribution is 2.13. The Balaban J connectivity index is 5.08. The quantitative estimate of drug-likeness (QED) is 0.260. The van der Waals surface area contributed by atoms with E-state index in [0.29, 0.717) is 5.01 Å². The number of carbonyl (C=O) groups is 2. The first kappa shape index (κ1) is 17.8. The third-order valence-corrected chi connectivity index (χ3v) is 1.52. The summed E-state index contributed by atoms with van der Waals surface area (Å²) in [5.74, 6) is 4.60. The van der Waals surface area contributed by atoms with Crippen LogP contribution in [-0.4, -0.2) is 34.4 Å². The molecule has 0 rings (SSSR count). The van der Waals surface area contributed by atoms with E-state index in [1.165, 1.54) is 0 Å². The van der Waals surface area contributed by atoms with Crippen molar-refractivity contribution in [3.63, 3.8) is 0 Å². The second-order valence-electron chi connectivity index (χ2n) is 5.92. The lowest BCUT2D eigenvalue weighted by Gasteiger charge is -2.28. The van der Waals surface area contributed by atoms with Crippen molar-refractivity contribution in [3.8, 4) is 0 Å². The van der Waals surface area contributed by atoms with Gasteiger partial charge in [0, 0.05) is 0 Å². The Labute approximate surface area is 118 Å². The molecule has 0 heterocycles. The van der Waals surface area contributed by atoms with Gasteiger partial charge in [-0.1, -0.05) is 0 Å². The monoisotopic (exact) mass is 289 g/mol. The zero-order valence-corrected chi connectivity index (χ0v) is 12.7. The summed E-state index contributed by atoms with van der Waals surface area (Å²) in [5.41, 5.74) is 5.94. The van der Waals surface area contributed by atoms with Crippen LogP contribution in [0.2, 0.25) is 0 Å². The number of hydrazone groups is 1. The van der Waals surface area contributed by atoms with E-state index >= 15 is 0 Å². The van der Waals surface area contributed by atoms with Crippen molar-refractivity contribution in [2.75, 3.05) is 0 Å². The molecule has 0 saturated heterocycles. The van der Waals surface area contributed by atoms with Crippen LogP contribution in [0, 0.1) is 0 Å². The highest BCUT2D eigenvalue weighted by molar-refractivity contribution is 5.91. The number of guanidine groups is 1. The van der Waals surface area contributed by atoms with Gasteiger partial charge >= 0.3 is 12.2 Å². The van der Waals surface area contributed by atoms with Crippen LogP contribution in [-0.2, 0) is 9.47 Å². The minimum atomic E-state index is -0.988. The van der Waals surface area contributed by atoms with Gasteiger partial charge in [0.1, 0.15) is 11.2 Å². The minimum Gasteiger partial charge on any atom is -0.442 e. The average Bonchev–Trinajstić information content (AvgIpc) is 2.19. The number of amides is 2. The molecule has 0 bridgehead atoms. The third-order valence-electron chi connectivity index (χ3n) is 1.52. The van der Waals surface area contributed by atoms with Gasteiger partial charge in [0.2, 0.25) is 5.96 Å². The third kappa shape index (κ3) is 7.29. The highest BCUT2D eigenvalue weighted by Gasteiger charge is 2.32. The number of carbonyl (C=O) groups excluding carboxylic acids is 2. The molecule has 0 aliphatic carbocycles. The van der Waals surface area contributed by atoms with Gasteiger partial charge < -0.3 is 21.1 Å². The van der Waals surface area contributed by atoms with Crippen LogP contribution in [0.3, 0.4) is 0 Å². The Morgan fingerprint density at radius 3 is 1.60 bits per heavy atom. The first-order chi connectivity index (χ1) is 8.85. The minimum absolute atomic E-state index is 0.346. The molecule has 0 radical (unpaired) electrons. The van der Waals surface area contributed by atoms with Crippen LogP contribution in [0.25, 0.3) is 0 Å². The zero-order valence-electron chi connectivity index (χ0n) is 12.7. The van der Waals surface area contributed by atoms with Crippen molar-refractivity contribution in [1.29, 1.82) is 0 Å². The van der Waals surface area contributed by atoms with Crippen molar-refractivity contribution in [2.24, 2.45) is 16.7 Å². The number of nitrogens with one attached hydrogen (secondary N) is 1. The SMILES string of the molecule is CC(C)(C)OC(=O)N(NC(N)=NN)C(=O)OC(C)(C)C.